The highest BCUT2D eigenvalue weighted by Crippen LogP contribution is 2.15. The van der Waals surface area contributed by atoms with E-state index in [1.54, 1.807) is 36.4 Å². The van der Waals surface area contributed by atoms with Gasteiger partial charge in [0.15, 0.2) is 0 Å². The first-order valence-electron chi connectivity index (χ1n) is 7.00. The quantitative estimate of drug-likeness (QED) is 0.523. The highest BCUT2D eigenvalue weighted by atomic mass is 16.3. The lowest BCUT2D eigenvalue weighted by Crippen LogP contribution is -2.29. The lowest BCUT2D eigenvalue weighted by molar-refractivity contribution is 0.281. The number of anilines is 4. The van der Waals surface area contributed by atoms with Crippen LogP contribution < -0.4 is 22.1 Å². The largest absolute Gasteiger partial charge is 0.399 e. The summed E-state index contributed by atoms with van der Waals surface area (Å²) in [5.74, 6) is 0. The Morgan fingerprint density at radius 2 is 0.955 bits per heavy atom. The first-order valence-corrected chi connectivity index (χ1v) is 7.00. The molecule has 0 saturated heterocycles. The average molecular weight is 304 g/mol. The fourth-order valence-corrected chi connectivity index (χ4v) is 1.79. The Morgan fingerprint density at radius 3 is 1.27 bits per heavy atom. The van der Waals surface area contributed by atoms with E-state index >= 15 is 0 Å². The summed E-state index contributed by atoms with van der Waals surface area (Å²) in [5, 5.41) is 17.7. The standard InChI is InChI=1S/C10H16N2O2.C6H8N2/c11-9-1-3-10(4-2-9)12(5-7-13)6-8-14;7-5-1-2-6(8)4-3-5/h1-4,13-14H,5-8,11H2;1-4H,7-8H2. The van der Waals surface area contributed by atoms with Gasteiger partial charge in [-0.15, -0.1) is 0 Å². The number of nitrogens with zero attached hydrogens (tertiary/aromatic N) is 1. The summed E-state index contributed by atoms with van der Waals surface area (Å²) in [6, 6.07) is 14.4. The molecule has 2 rings (SSSR count). The Bertz CT molecular complexity index is 502. The Hall–Kier alpha value is -2.44. The molecule has 120 valence electrons. The molecule has 0 atom stereocenters. The average Bonchev–Trinajstić information content (AvgIpc) is 2.52. The first kappa shape index (κ1) is 17.6. The normalized spacial score (nSPS) is 9.73. The molecular formula is C16H24N4O2. The van der Waals surface area contributed by atoms with Crippen molar-refractivity contribution in [3.05, 3.63) is 48.5 Å². The molecule has 6 heteroatoms. The summed E-state index contributed by atoms with van der Waals surface area (Å²) in [5.41, 5.74) is 19.5. The highest BCUT2D eigenvalue weighted by Gasteiger charge is 2.03. The second-order valence-electron chi connectivity index (χ2n) is 4.69. The maximum Gasteiger partial charge on any atom is 0.0606 e. The van der Waals surface area contributed by atoms with Crippen molar-refractivity contribution in [3.63, 3.8) is 0 Å². The van der Waals surface area contributed by atoms with E-state index in [1.165, 1.54) is 0 Å². The van der Waals surface area contributed by atoms with E-state index in [9.17, 15) is 0 Å². The van der Waals surface area contributed by atoms with Gasteiger partial charge in [-0.3, -0.25) is 0 Å². The molecule has 0 unspecified atom stereocenters. The third-order valence-corrected chi connectivity index (χ3v) is 2.93. The van der Waals surface area contributed by atoms with Crippen molar-refractivity contribution in [2.45, 2.75) is 0 Å². The van der Waals surface area contributed by atoms with Crippen LogP contribution in [0.2, 0.25) is 0 Å². The molecular weight excluding hydrogens is 280 g/mol. The molecule has 0 saturated carbocycles. The fourth-order valence-electron chi connectivity index (χ4n) is 1.79. The van der Waals surface area contributed by atoms with Crippen molar-refractivity contribution in [1.82, 2.24) is 0 Å². The minimum absolute atomic E-state index is 0.0738. The van der Waals surface area contributed by atoms with Crippen LogP contribution in [-0.4, -0.2) is 36.5 Å². The molecule has 0 heterocycles. The Labute approximate surface area is 130 Å². The lowest BCUT2D eigenvalue weighted by Gasteiger charge is -2.22. The van der Waals surface area contributed by atoms with Crippen LogP contribution in [0.3, 0.4) is 0 Å². The van der Waals surface area contributed by atoms with Crippen LogP contribution in [-0.2, 0) is 0 Å². The first-order chi connectivity index (χ1) is 10.6. The molecule has 0 radical (unpaired) electrons. The van der Waals surface area contributed by atoms with Crippen molar-refractivity contribution >= 4 is 22.7 Å². The molecule has 0 fully saturated rings. The van der Waals surface area contributed by atoms with Crippen LogP contribution in [0.25, 0.3) is 0 Å². The predicted octanol–water partition coefficient (Wildman–Crippen LogP) is 0.911. The highest BCUT2D eigenvalue weighted by molar-refractivity contribution is 5.53. The summed E-state index contributed by atoms with van der Waals surface area (Å²) >= 11 is 0. The minimum atomic E-state index is 0.0738. The molecule has 0 spiro atoms. The van der Waals surface area contributed by atoms with E-state index in [-0.39, 0.29) is 13.2 Å². The van der Waals surface area contributed by atoms with Crippen molar-refractivity contribution in [3.8, 4) is 0 Å². The zero-order chi connectivity index (χ0) is 16.4. The summed E-state index contributed by atoms with van der Waals surface area (Å²) in [4.78, 5) is 1.90. The molecule has 0 aliphatic carbocycles. The molecule has 2 aromatic rings. The maximum absolute atomic E-state index is 8.83. The van der Waals surface area contributed by atoms with E-state index in [1.807, 2.05) is 17.0 Å². The molecule has 2 aromatic carbocycles. The summed E-state index contributed by atoms with van der Waals surface area (Å²) in [6.45, 7) is 1.18. The molecule has 0 bridgehead atoms. The number of hydrogen-bond donors (Lipinski definition) is 5. The molecule has 22 heavy (non-hydrogen) atoms. The van der Waals surface area contributed by atoms with Gasteiger partial charge in [-0.05, 0) is 48.5 Å². The number of aliphatic hydroxyl groups excluding tert-OH is 2. The predicted molar refractivity (Wildman–Crippen MR) is 92.5 cm³/mol. The van der Waals surface area contributed by atoms with Gasteiger partial charge in [0.25, 0.3) is 0 Å². The van der Waals surface area contributed by atoms with Gasteiger partial charge in [0, 0.05) is 35.8 Å². The van der Waals surface area contributed by atoms with Crippen molar-refractivity contribution in [1.29, 1.82) is 0 Å². The summed E-state index contributed by atoms with van der Waals surface area (Å²) in [7, 11) is 0. The van der Waals surface area contributed by atoms with E-state index < -0.39 is 0 Å². The second-order valence-corrected chi connectivity index (χ2v) is 4.69. The van der Waals surface area contributed by atoms with Gasteiger partial charge in [0.1, 0.15) is 0 Å². The van der Waals surface area contributed by atoms with Crippen molar-refractivity contribution < 1.29 is 10.2 Å². The fraction of sp³-hybridized carbons (Fsp3) is 0.250. The Balaban J connectivity index is 0.000000255. The maximum atomic E-state index is 8.83. The van der Waals surface area contributed by atoms with Crippen LogP contribution in [0.1, 0.15) is 0 Å². The summed E-state index contributed by atoms with van der Waals surface area (Å²) in [6.07, 6.45) is 0. The van der Waals surface area contributed by atoms with Gasteiger partial charge in [-0.25, -0.2) is 0 Å². The minimum Gasteiger partial charge on any atom is -0.399 e. The number of rotatable bonds is 5. The smallest absolute Gasteiger partial charge is 0.0606 e. The van der Waals surface area contributed by atoms with Crippen LogP contribution in [0.5, 0.6) is 0 Å². The van der Waals surface area contributed by atoms with Gasteiger partial charge in [0.2, 0.25) is 0 Å². The third-order valence-electron chi connectivity index (χ3n) is 2.93. The summed E-state index contributed by atoms with van der Waals surface area (Å²) < 4.78 is 0. The number of benzene rings is 2. The monoisotopic (exact) mass is 304 g/mol. The van der Waals surface area contributed by atoms with Crippen molar-refractivity contribution in [2.75, 3.05) is 48.4 Å². The molecule has 6 nitrogen and oxygen atoms in total. The second kappa shape index (κ2) is 9.49. The van der Waals surface area contributed by atoms with E-state index in [4.69, 9.17) is 27.4 Å². The van der Waals surface area contributed by atoms with Crippen LogP contribution in [0, 0.1) is 0 Å². The van der Waals surface area contributed by atoms with E-state index in [0.29, 0.717) is 18.8 Å². The van der Waals surface area contributed by atoms with Gasteiger partial charge in [0.05, 0.1) is 13.2 Å². The van der Waals surface area contributed by atoms with Gasteiger partial charge in [-0.2, -0.15) is 0 Å². The lowest BCUT2D eigenvalue weighted by atomic mass is 10.2. The number of nitrogens with two attached hydrogens (primary N) is 3. The molecule has 8 N–H and O–H groups in total. The number of aliphatic hydroxyl groups is 2. The Kier molecular flexibility index (Phi) is 7.60. The molecule has 0 amide bonds. The van der Waals surface area contributed by atoms with Gasteiger partial charge < -0.3 is 32.3 Å². The van der Waals surface area contributed by atoms with Gasteiger partial charge >= 0.3 is 0 Å². The zero-order valence-electron chi connectivity index (χ0n) is 12.5. The SMILES string of the molecule is Nc1ccc(N(CCO)CCO)cc1.Nc1ccc(N)cc1. The Morgan fingerprint density at radius 1 is 0.636 bits per heavy atom. The zero-order valence-corrected chi connectivity index (χ0v) is 12.5. The molecule has 0 aromatic heterocycles. The molecule has 0 aliphatic heterocycles. The van der Waals surface area contributed by atoms with E-state index in [2.05, 4.69) is 0 Å². The van der Waals surface area contributed by atoms with Crippen LogP contribution >= 0.6 is 0 Å². The number of nitrogen functional groups attached to an aromatic ring is 3. The van der Waals surface area contributed by atoms with E-state index in [0.717, 1.165) is 17.1 Å². The van der Waals surface area contributed by atoms with Crippen LogP contribution in [0.4, 0.5) is 22.7 Å². The number of hydrogen-bond acceptors (Lipinski definition) is 6. The van der Waals surface area contributed by atoms with Crippen molar-refractivity contribution in [2.24, 2.45) is 0 Å². The molecule has 0 aliphatic rings. The topological polar surface area (TPSA) is 122 Å². The van der Waals surface area contributed by atoms with Gasteiger partial charge in [-0.1, -0.05) is 0 Å². The van der Waals surface area contributed by atoms with Crippen LogP contribution in [0.15, 0.2) is 48.5 Å². The third kappa shape index (κ3) is 6.34.